The van der Waals surface area contributed by atoms with E-state index >= 15 is 0 Å². The number of aryl methyl sites for hydroxylation is 2. The normalized spacial score (nSPS) is 10.8. The Morgan fingerprint density at radius 3 is 1.51 bits per heavy atom. The van der Waals surface area contributed by atoms with Gasteiger partial charge < -0.3 is 9.05 Å². The zero-order valence-electron chi connectivity index (χ0n) is 18.9. The molecule has 2 aromatic carbocycles. The van der Waals surface area contributed by atoms with Crippen molar-refractivity contribution in [1.82, 2.24) is 20.3 Å². The summed E-state index contributed by atoms with van der Waals surface area (Å²) in [4.78, 5) is 37.2. The first-order chi connectivity index (χ1) is 17.1. The molecule has 0 fully saturated rings. The van der Waals surface area contributed by atoms with Crippen LogP contribution in [0, 0.1) is 13.8 Å². The van der Waals surface area contributed by atoms with Crippen molar-refractivity contribution >= 4 is 17.8 Å². The molecule has 0 spiro atoms. The molecule has 3 aromatic heterocycles. The number of hydrogen-bond donors (Lipinski definition) is 0. The average molecular weight is 465 g/mol. The van der Waals surface area contributed by atoms with E-state index in [0.717, 1.165) is 4.90 Å². The Kier molecular flexibility index (Phi) is 5.72. The number of hydrogen-bond acceptors (Lipinski definition) is 8. The number of aromatic nitrogens is 4. The Morgan fingerprint density at radius 2 is 1.09 bits per heavy atom. The minimum absolute atomic E-state index is 0.0956. The van der Waals surface area contributed by atoms with Crippen molar-refractivity contribution in [3.63, 3.8) is 0 Å². The molecule has 0 bridgehead atoms. The Morgan fingerprint density at radius 1 is 0.657 bits per heavy atom. The summed E-state index contributed by atoms with van der Waals surface area (Å²) in [6, 6.07) is 19.8. The highest BCUT2D eigenvalue weighted by molar-refractivity contribution is 6.27. The fourth-order valence-electron chi connectivity index (χ4n) is 3.74. The molecule has 9 heteroatoms. The van der Waals surface area contributed by atoms with Crippen molar-refractivity contribution in [3.05, 3.63) is 102 Å². The van der Waals surface area contributed by atoms with E-state index in [-0.39, 0.29) is 28.6 Å². The molecule has 3 heterocycles. The molecular weight excluding hydrogens is 446 g/mol. The molecule has 0 saturated heterocycles. The highest BCUT2D eigenvalue weighted by Gasteiger charge is 2.36. The first-order valence-electron chi connectivity index (χ1n) is 10.8. The van der Waals surface area contributed by atoms with Crippen LogP contribution >= 0.6 is 0 Å². The highest BCUT2D eigenvalue weighted by Crippen LogP contribution is 2.31. The van der Waals surface area contributed by atoms with Gasteiger partial charge in [0.1, 0.15) is 34.0 Å². The quantitative estimate of drug-likeness (QED) is 0.337. The van der Waals surface area contributed by atoms with Crippen LogP contribution in [0.1, 0.15) is 32.2 Å². The van der Waals surface area contributed by atoms with Crippen molar-refractivity contribution in [2.45, 2.75) is 13.8 Å². The van der Waals surface area contributed by atoms with E-state index in [0.29, 0.717) is 22.5 Å². The minimum atomic E-state index is -0.682. The maximum absolute atomic E-state index is 14.0. The maximum atomic E-state index is 14.0. The number of imide groups is 1. The van der Waals surface area contributed by atoms with E-state index < -0.39 is 11.8 Å². The van der Waals surface area contributed by atoms with Crippen LogP contribution in [0.2, 0.25) is 0 Å². The molecule has 0 aliphatic carbocycles. The summed E-state index contributed by atoms with van der Waals surface area (Å²) >= 11 is 0. The van der Waals surface area contributed by atoms with Crippen LogP contribution in [0.5, 0.6) is 0 Å². The maximum Gasteiger partial charge on any atom is 0.273 e. The predicted molar refractivity (Wildman–Crippen MR) is 127 cm³/mol. The zero-order chi connectivity index (χ0) is 24.4. The second-order valence-electron chi connectivity index (χ2n) is 7.65. The number of carbonyl (C=O) groups is 2. The number of benzene rings is 2. The van der Waals surface area contributed by atoms with Gasteiger partial charge in [0.2, 0.25) is 5.95 Å². The van der Waals surface area contributed by atoms with Gasteiger partial charge >= 0.3 is 0 Å². The molecule has 0 atom stereocenters. The Balaban J connectivity index is 1.66. The van der Waals surface area contributed by atoms with Gasteiger partial charge in [-0.15, -0.1) is 0 Å². The molecule has 9 nitrogen and oxygen atoms in total. The van der Waals surface area contributed by atoms with Crippen molar-refractivity contribution in [1.29, 1.82) is 0 Å². The standard InChI is InChI=1S/C26H19N5O4/c1-16-20(22(29-34-16)18-10-5-3-6-11-18)24(32)31(26-27-14-9-15-28-26)25(33)21-17(2)35-30-23(21)19-12-7-4-8-13-19/h3-15H,1-2H3. The molecule has 5 rings (SSSR count). The molecule has 0 unspecified atom stereocenters. The second-order valence-corrected chi connectivity index (χ2v) is 7.65. The lowest BCUT2D eigenvalue weighted by atomic mass is 10.0. The third kappa shape index (κ3) is 3.99. The van der Waals surface area contributed by atoms with Crippen molar-refractivity contribution < 1.29 is 18.6 Å². The smallest absolute Gasteiger partial charge is 0.273 e. The van der Waals surface area contributed by atoms with Gasteiger partial charge in [-0.2, -0.15) is 0 Å². The summed E-state index contributed by atoms with van der Waals surface area (Å²) in [7, 11) is 0. The second kappa shape index (κ2) is 9.14. The molecule has 0 N–H and O–H groups in total. The summed E-state index contributed by atoms with van der Waals surface area (Å²) in [6.07, 6.45) is 2.90. The first kappa shape index (κ1) is 21.9. The molecule has 35 heavy (non-hydrogen) atoms. The molecule has 2 amide bonds. The Labute approximate surface area is 200 Å². The summed E-state index contributed by atoms with van der Waals surface area (Å²) in [5.41, 5.74) is 2.22. The van der Waals surface area contributed by atoms with Crippen LogP contribution < -0.4 is 4.90 Å². The van der Waals surface area contributed by atoms with Gasteiger partial charge in [-0.25, -0.2) is 14.9 Å². The van der Waals surface area contributed by atoms with Crippen LogP contribution in [0.15, 0.2) is 88.2 Å². The van der Waals surface area contributed by atoms with Crippen LogP contribution in [0.4, 0.5) is 5.95 Å². The fraction of sp³-hybridized carbons (Fsp3) is 0.0769. The topological polar surface area (TPSA) is 115 Å². The van der Waals surface area contributed by atoms with E-state index in [2.05, 4.69) is 20.3 Å². The van der Waals surface area contributed by atoms with E-state index in [1.807, 2.05) is 36.4 Å². The molecule has 5 aromatic rings. The molecule has 0 saturated carbocycles. The number of carbonyl (C=O) groups excluding carboxylic acids is 2. The molecular formula is C26H19N5O4. The zero-order valence-corrected chi connectivity index (χ0v) is 18.9. The Hall–Kier alpha value is -4.92. The van der Waals surface area contributed by atoms with Crippen LogP contribution in [-0.2, 0) is 0 Å². The number of anilines is 1. The summed E-state index contributed by atoms with van der Waals surface area (Å²) < 4.78 is 10.7. The van der Waals surface area contributed by atoms with Gasteiger partial charge in [0.25, 0.3) is 11.8 Å². The van der Waals surface area contributed by atoms with Crippen LogP contribution in [0.25, 0.3) is 22.5 Å². The molecule has 0 aliphatic heterocycles. The Bertz CT molecular complexity index is 1400. The van der Waals surface area contributed by atoms with Gasteiger partial charge in [0.15, 0.2) is 0 Å². The van der Waals surface area contributed by atoms with Crippen molar-refractivity contribution in [3.8, 4) is 22.5 Å². The fourth-order valence-corrected chi connectivity index (χ4v) is 3.74. The SMILES string of the molecule is Cc1onc(-c2ccccc2)c1C(=O)N(C(=O)c1c(-c2ccccc2)noc1C)c1ncccn1. The number of nitrogens with zero attached hydrogens (tertiary/aromatic N) is 5. The van der Waals surface area contributed by atoms with E-state index in [9.17, 15) is 9.59 Å². The van der Waals surface area contributed by atoms with Gasteiger partial charge in [0.05, 0.1) is 0 Å². The van der Waals surface area contributed by atoms with Crippen LogP contribution in [-0.4, -0.2) is 32.1 Å². The highest BCUT2D eigenvalue weighted by atomic mass is 16.5. The van der Waals surface area contributed by atoms with Gasteiger partial charge in [-0.3, -0.25) is 9.59 Å². The predicted octanol–water partition coefficient (Wildman–Crippen LogP) is 4.89. The number of amides is 2. The minimum Gasteiger partial charge on any atom is -0.360 e. The summed E-state index contributed by atoms with van der Waals surface area (Å²) in [5.74, 6) is -0.945. The lowest BCUT2D eigenvalue weighted by Crippen LogP contribution is -2.39. The summed E-state index contributed by atoms with van der Waals surface area (Å²) in [5, 5.41) is 8.16. The lowest BCUT2D eigenvalue weighted by Gasteiger charge is -2.19. The van der Waals surface area contributed by atoms with Gasteiger partial charge in [0, 0.05) is 23.5 Å². The van der Waals surface area contributed by atoms with Gasteiger partial charge in [-0.05, 0) is 19.9 Å². The van der Waals surface area contributed by atoms with E-state index in [1.165, 1.54) is 12.4 Å². The summed E-state index contributed by atoms with van der Waals surface area (Å²) in [6.45, 7) is 3.22. The molecule has 0 aliphatic rings. The monoisotopic (exact) mass is 465 g/mol. The third-order valence-electron chi connectivity index (χ3n) is 5.41. The average Bonchev–Trinajstić information content (AvgIpc) is 3.48. The van der Waals surface area contributed by atoms with Gasteiger partial charge in [-0.1, -0.05) is 71.0 Å². The number of rotatable bonds is 5. The van der Waals surface area contributed by atoms with Crippen molar-refractivity contribution in [2.24, 2.45) is 0 Å². The molecule has 0 radical (unpaired) electrons. The first-order valence-corrected chi connectivity index (χ1v) is 10.8. The largest absolute Gasteiger partial charge is 0.360 e. The van der Waals surface area contributed by atoms with Crippen LogP contribution in [0.3, 0.4) is 0 Å². The van der Waals surface area contributed by atoms with Crippen molar-refractivity contribution in [2.75, 3.05) is 4.90 Å². The molecule has 172 valence electrons. The lowest BCUT2D eigenvalue weighted by molar-refractivity contribution is 0.0894. The third-order valence-corrected chi connectivity index (χ3v) is 5.41. The van der Waals surface area contributed by atoms with E-state index in [4.69, 9.17) is 9.05 Å². The van der Waals surface area contributed by atoms with E-state index in [1.54, 1.807) is 44.2 Å².